The molecule has 1 aliphatic rings. The molecule has 0 N–H and O–H groups in total. The van der Waals surface area contributed by atoms with Crippen LogP contribution in [0.4, 0.5) is 0 Å². The molecule has 1 aromatic rings. The Morgan fingerprint density at radius 1 is 1.12 bits per heavy atom. The summed E-state index contributed by atoms with van der Waals surface area (Å²) >= 11 is 0. The first-order valence-corrected chi connectivity index (χ1v) is 10.3. The minimum Gasteiger partial charge on any atom is -0.342 e. The minimum atomic E-state index is -3.09. The smallest absolute Gasteiger partial charge is 0.226 e. The fraction of sp³-hybridized carbons (Fsp3) is 0.632. The molecule has 0 radical (unpaired) electrons. The average molecular weight is 352 g/mol. The molecule has 0 aromatic heterocycles. The lowest BCUT2D eigenvalue weighted by molar-refractivity contribution is -0.131. The number of likely N-dealkylation sites (tertiary alicyclic amines) is 1. The van der Waals surface area contributed by atoms with Crippen LogP contribution in [0.5, 0.6) is 0 Å². The molecule has 0 aliphatic carbocycles. The van der Waals surface area contributed by atoms with Gasteiger partial charge in [-0.2, -0.15) is 0 Å². The van der Waals surface area contributed by atoms with Gasteiger partial charge < -0.3 is 4.90 Å². The van der Waals surface area contributed by atoms with Gasteiger partial charge in [0, 0.05) is 13.1 Å². The molecular formula is C19H29NO3S. The predicted octanol–water partition coefficient (Wildman–Crippen LogP) is 2.99. The molecule has 1 saturated heterocycles. The lowest BCUT2D eigenvalue weighted by Crippen LogP contribution is -2.42. The molecule has 0 unspecified atom stereocenters. The highest BCUT2D eigenvalue weighted by Gasteiger charge is 2.33. The monoisotopic (exact) mass is 351 g/mol. The molecule has 1 amide bonds. The summed E-state index contributed by atoms with van der Waals surface area (Å²) in [5, 5.41) is 0. The number of hydrogen-bond acceptors (Lipinski definition) is 3. The molecule has 5 heteroatoms. The second kappa shape index (κ2) is 7.26. The normalized spacial score (nSPS) is 17.1. The zero-order valence-electron chi connectivity index (χ0n) is 15.2. The number of benzene rings is 1. The lowest BCUT2D eigenvalue weighted by Gasteiger charge is -2.33. The number of carbonyl (C=O) groups is 1. The van der Waals surface area contributed by atoms with E-state index in [1.807, 2.05) is 36.1 Å². The van der Waals surface area contributed by atoms with Gasteiger partial charge in [-0.1, -0.05) is 29.8 Å². The number of piperidine rings is 1. The molecule has 0 atom stereocenters. The second-order valence-electron chi connectivity index (χ2n) is 7.88. The van der Waals surface area contributed by atoms with Crippen LogP contribution in [0.15, 0.2) is 24.3 Å². The van der Waals surface area contributed by atoms with E-state index in [9.17, 15) is 13.2 Å². The first-order valence-electron chi connectivity index (χ1n) is 8.64. The van der Waals surface area contributed by atoms with Crippen LogP contribution in [0, 0.1) is 12.8 Å². The van der Waals surface area contributed by atoms with Gasteiger partial charge in [0.1, 0.15) is 0 Å². The summed E-state index contributed by atoms with van der Waals surface area (Å²) < 4.78 is 23.9. The molecule has 4 nitrogen and oxygen atoms in total. The van der Waals surface area contributed by atoms with E-state index in [4.69, 9.17) is 0 Å². The Balaban J connectivity index is 1.86. The summed E-state index contributed by atoms with van der Waals surface area (Å²) in [5.74, 6) is 0.532. The highest BCUT2D eigenvalue weighted by atomic mass is 32.2. The maximum Gasteiger partial charge on any atom is 0.226 e. The van der Waals surface area contributed by atoms with E-state index in [1.165, 1.54) is 5.56 Å². The second-order valence-corrected chi connectivity index (χ2v) is 10.7. The van der Waals surface area contributed by atoms with E-state index >= 15 is 0 Å². The largest absolute Gasteiger partial charge is 0.342 e. The Kier molecular flexibility index (Phi) is 5.74. The average Bonchev–Trinajstić information content (AvgIpc) is 2.49. The van der Waals surface area contributed by atoms with Crippen LogP contribution in [-0.2, 0) is 21.1 Å². The predicted molar refractivity (Wildman–Crippen MR) is 97.7 cm³/mol. The van der Waals surface area contributed by atoms with Crippen molar-refractivity contribution in [3.63, 3.8) is 0 Å². The molecule has 0 saturated carbocycles. The number of hydrogen-bond donors (Lipinski definition) is 0. The van der Waals surface area contributed by atoms with Crippen LogP contribution in [0.25, 0.3) is 0 Å². The Labute approximate surface area is 146 Å². The van der Waals surface area contributed by atoms with Crippen molar-refractivity contribution in [3.8, 4) is 0 Å². The maximum absolute atomic E-state index is 12.4. The number of nitrogens with zero attached hydrogens (tertiary/aromatic N) is 1. The van der Waals surface area contributed by atoms with Crippen molar-refractivity contribution in [1.82, 2.24) is 4.90 Å². The Morgan fingerprint density at radius 3 is 2.17 bits per heavy atom. The van der Waals surface area contributed by atoms with Crippen LogP contribution >= 0.6 is 0 Å². The first-order chi connectivity index (χ1) is 11.1. The van der Waals surface area contributed by atoms with Crippen molar-refractivity contribution in [3.05, 3.63) is 35.4 Å². The Hall–Kier alpha value is -1.36. The summed E-state index contributed by atoms with van der Waals surface area (Å²) in [5.41, 5.74) is 2.22. The van der Waals surface area contributed by atoms with Gasteiger partial charge in [-0.15, -0.1) is 0 Å². The van der Waals surface area contributed by atoms with E-state index in [-0.39, 0.29) is 17.6 Å². The highest BCUT2D eigenvalue weighted by Crippen LogP contribution is 2.25. The van der Waals surface area contributed by atoms with Crippen molar-refractivity contribution in [1.29, 1.82) is 0 Å². The summed E-state index contributed by atoms with van der Waals surface area (Å²) in [4.78, 5) is 14.3. The van der Waals surface area contributed by atoms with Crippen LogP contribution in [0.3, 0.4) is 0 Å². The SMILES string of the molecule is Cc1ccc(CC(=O)N2CCC(CS(=O)(=O)C(C)(C)C)CC2)cc1. The van der Waals surface area contributed by atoms with Crippen LogP contribution in [0.1, 0.15) is 44.7 Å². The van der Waals surface area contributed by atoms with Gasteiger partial charge in [0.15, 0.2) is 9.84 Å². The zero-order chi connectivity index (χ0) is 18.0. The number of amides is 1. The van der Waals surface area contributed by atoms with E-state index < -0.39 is 14.6 Å². The van der Waals surface area contributed by atoms with E-state index in [2.05, 4.69) is 0 Å². The number of carbonyl (C=O) groups excluding carboxylic acids is 1. The van der Waals surface area contributed by atoms with E-state index in [0.717, 1.165) is 18.4 Å². The topological polar surface area (TPSA) is 54.5 Å². The molecule has 1 aliphatic heterocycles. The van der Waals surface area contributed by atoms with Gasteiger partial charge in [-0.25, -0.2) is 8.42 Å². The lowest BCUT2D eigenvalue weighted by atomic mass is 9.98. The molecule has 134 valence electrons. The summed E-state index contributed by atoms with van der Waals surface area (Å²) in [6.45, 7) is 8.61. The highest BCUT2D eigenvalue weighted by molar-refractivity contribution is 7.92. The van der Waals surface area contributed by atoms with Gasteiger partial charge >= 0.3 is 0 Å². The minimum absolute atomic E-state index is 0.135. The van der Waals surface area contributed by atoms with Crippen molar-refractivity contribution in [2.24, 2.45) is 5.92 Å². The summed E-state index contributed by atoms with van der Waals surface area (Å²) in [7, 11) is -3.09. The van der Waals surface area contributed by atoms with Crippen molar-refractivity contribution in [2.75, 3.05) is 18.8 Å². The standard InChI is InChI=1S/C19H29NO3S/c1-15-5-7-16(8-6-15)13-18(21)20-11-9-17(10-12-20)14-24(22,23)19(2,3)4/h5-8,17H,9-14H2,1-4H3. The third-order valence-corrected chi connectivity index (χ3v) is 7.61. The fourth-order valence-corrected chi connectivity index (χ4v) is 4.36. The van der Waals surface area contributed by atoms with Crippen LogP contribution in [-0.4, -0.2) is 42.8 Å². The molecule has 0 bridgehead atoms. The van der Waals surface area contributed by atoms with Gasteiger partial charge in [0.05, 0.1) is 16.9 Å². The van der Waals surface area contributed by atoms with Gasteiger partial charge in [0.2, 0.25) is 5.91 Å². The van der Waals surface area contributed by atoms with E-state index in [1.54, 1.807) is 20.8 Å². The number of rotatable bonds is 4. The molecule has 2 rings (SSSR count). The van der Waals surface area contributed by atoms with Gasteiger partial charge in [0.25, 0.3) is 0 Å². The molecule has 1 aromatic carbocycles. The molecule has 24 heavy (non-hydrogen) atoms. The number of aryl methyl sites for hydroxylation is 1. The van der Waals surface area contributed by atoms with Gasteiger partial charge in [-0.3, -0.25) is 4.79 Å². The molecule has 1 fully saturated rings. The van der Waals surface area contributed by atoms with E-state index in [0.29, 0.717) is 19.5 Å². The third-order valence-electron chi connectivity index (χ3n) is 4.83. The maximum atomic E-state index is 12.4. The van der Waals surface area contributed by atoms with Gasteiger partial charge in [-0.05, 0) is 52.0 Å². The third kappa shape index (κ3) is 4.82. The fourth-order valence-electron chi connectivity index (χ4n) is 2.90. The summed E-state index contributed by atoms with van der Waals surface area (Å²) in [6, 6.07) is 8.03. The van der Waals surface area contributed by atoms with Crippen molar-refractivity contribution in [2.45, 2.75) is 51.7 Å². The molecule has 0 spiro atoms. The molecule has 1 heterocycles. The summed E-state index contributed by atoms with van der Waals surface area (Å²) in [6.07, 6.45) is 1.97. The Bertz CT molecular complexity index is 664. The zero-order valence-corrected chi connectivity index (χ0v) is 16.0. The quantitative estimate of drug-likeness (QED) is 0.838. The Morgan fingerprint density at radius 2 is 1.67 bits per heavy atom. The molecular weight excluding hydrogens is 322 g/mol. The van der Waals surface area contributed by atoms with Crippen molar-refractivity contribution < 1.29 is 13.2 Å². The van der Waals surface area contributed by atoms with Crippen molar-refractivity contribution >= 4 is 15.7 Å². The van der Waals surface area contributed by atoms with Crippen LogP contribution < -0.4 is 0 Å². The number of sulfone groups is 1. The van der Waals surface area contributed by atoms with Crippen LogP contribution in [0.2, 0.25) is 0 Å². The first kappa shape index (κ1) is 19.0.